The standard InChI is InChI=1S/C31H25N7O14S2.3Na/c39-17-6-5-15-23(44)16(8-52-25(15)24(17)45)26(46)32-20(12-1-3-14(4-2-12)51-9-19(42)43)27(47)33-21-28(48)38-22(30(49)50)13(10-53-29(21)38)11-54-31-34-35-36-37(31)7-18(40)41;;;/h1-6,8,20-21,29,39,45H,7,9-11H2,(H,32,46)(H,33,47)(H,40,41)(H,42,43)(H,49,50);;;/q;3*+1/p-3/t20?,21-,29+;;;/m1.../s1. The first-order valence-electron chi connectivity index (χ1n) is 15.2. The van der Waals surface area contributed by atoms with Crippen LogP contribution in [0.25, 0.3) is 11.0 Å². The molecular weight excluding hydrogens is 827 g/mol. The van der Waals surface area contributed by atoms with Gasteiger partial charge in [-0.25, -0.2) is 4.68 Å². The van der Waals surface area contributed by atoms with Crippen molar-refractivity contribution in [1.29, 1.82) is 0 Å². The normalized spacial score (nSPS) is 16.1. The summed E-state index contributed by atoms with van der Waals surface area (Å²) in [6.07, 6.45) is 0.713. The fraction of sp³-hybridized carbons (Fsp3) is 0.226. The third kappa shape index (κ3) is 10.3. The van der Waals surface area contributed by atoms with Crippen LogP contribution in [0.1, 0.15) is 22.0 Å². The Kier molecular flexibility index (Phi) is 17.1. The number of nitrogens with zero attached hydrogens (tertiary/aromatic N) is 5. The Bertz CT molecular complexity index is 2330. The Balaban J connectivity index is 0.00000290. The van der Waals surface area contributed by atoms with E-state index in [1.807, 2.05) is 0 Å². The molecule has 0 radical (unpaired) electrons. The first kappa shape index (κ1) is 47.8. The fourth-order valence-electron chi connectivity index (χ4n) is 5.43. The van der Waals surface area contributed by atoms with Crippen LogP contribution < -0.4 is 125 Å². The second-order valence-corrected chi connectivity index (χ2v) is 13.4. The molecule has 280 valence electrons. The summed E-state index contributed by atoms with van der Waals surface area (Å²) in [5, 5.41) is 68.2. The number of amides is 3. The van der Waals surface area contributed by atoms with E-state index < -0.39 is 100 Å². The van der Waals surface area contributed by atoms with Crippen molar-refractivity contribution in [3.05, 3.63) is 75.3 Å². The van der Waals surface area contributed by atoms with E-state index in [0.717, 1.165) is 45.2 Å². The Morgan fingerprint density at radius 3 is 2.37 bits per heavy atom. The topological polar surface area (TPSA) is 322 Å². The number of phenolic OH excluding ortho intramolecular Hbond substituents is 2. The number of tetrazole rings is 1. The predicted octanol–water partition coefficient (Wildman–Crippen LogP) is -13.3. The van der Waals surface area contributed by atoms with Crippen molar-refractivity contribution in [3.8, 4) is 17.2 Å². The van der Waals surface area contributed by atoms with Crippen LogP contribution in [0.3, 0.4) is 0 Å². The van der Waals surface area contributed by atoms with Crippen molar-refractivity contribution < 1.29 is 152 Å². The van der Waals surface area contributed by atoms with E-state index in [1.165, 1.54) is 24.3 Å². The summed E-state index contributed by atoms with van der Waals surface area (Å²) < 4.78 is 11.2. The number of aromatic hydroxyl groups is 2. The number of carbonyl (C=O) groups is 6. The fourth-order valence-corrected chi connectivity index (χ4v) is 7.79. The summed E-state index contributed by atoms with van der Waals surface area (Å²) in [6.45, 7) is -1.44. The summed E-state index contributed by atoms with van der Waals surface area (Å²) in [5.41, 5.74) is -2.09. The van der Waals surface area contributed by atoms with Crippen molar-refractivity contribution in [2.24, 2.45) is 0 Å². The van der Waals surface area contributed by atoms with E-state index in [-0.39, 0.29) is 128 Å². The van der Waals surface area contributed by atoms with Gasteiger partial charge in [-0.2, -0.15) is 0 Å². The zero-order valence-electron chi connectivity index (χ0n) is 29.9. The maximum Gasteiger partial charge on any atom is 1.00 e. The molecule has 26 heteroatoms. The van der Waals surface area contributed by atoms with Gasteiger partial charge in [0.2, 0.25) is 22.2 Å². The zero-order chi connectivity index (χ0) is 38.8. The van der Waals surface area contributed by atoms with Gasteiger partial charge in [0.15, 0.2) is 11.3 Å². The molecule has 57 heavy (non-hydrogen) atoms. The van der Waals surface area contributed by atoms with Gasteiger partial charge in [-0.05, 0) is 45.8 Å². The molecule has 1 fully saturated rings. The van der Waals surface area contributed by atoms with Crippen molar-refractivity contribution in [2.45, 2.75) is 29.2 Å². The molecule has 1 unspecified atom stereocenters. The number of aliphatic carboxylic acids is 3. The predicted molar refractivity (Wildman–Crippen MR) is 174 cm³/mol. The number of aromatic nitrogens is 4. The molecule has 0 aliphatic carbocycles. The summed E-state index contributed by atoms with van der Waals surface area (Å²) in [4.78, 5) is 88.9. The molecule has 2 aliphatic heterocycles. The summed E-state index contributed by atoms with van der Waals surface area (Å²) >= 11 is 2.01. The third-order valence-electron chi connectivity index (χ3n) is 7.94. The Morgan fingerprint density at radius 1 is 1.02 bits per heavy atom. The molecule has 2 aromatic heterocycles. The molecule has 21 nitrogen and oxygen atoms in total. The van der Waals surface area contributed by atoms with Crippen LogP contribution in [0.15, 0.2) is 68.3 Å². The van der Waals surface area contributed by atoms with E-state index >= 15 is 0 Å². The Hall–Kier alpha value is -3.62. The average molecular weight is 850 g/mol. The minimum atomic E-state index is -1.69. The van der Waals surface area contributed by atoms with Gasteiger partial charge < -0.3 is 59.7 Å². The smallest absolute Gasteiger partial charge is 0.548 e. The first-order chi connectivity index (χ1) is 25.7. The van der Waals surface area contributed by atoms with E-state index in [9.17, 15) is 59.1 Å². The zero-order valence-corrected chi connectivity index (χ0v) is 37.6. The number of thioether (sulfide) groups is 2. The van der Waals surface area contributed by atoms with Crippen molar-refractivity contribution in [1.82, 2.24) is 35.7 Å². The number of hydrogen-bond acceptors (Lipinski definition) is 19. The van der Waals surface area contributed by atoms with Gasteiger partial charge in [-0.1, -0.05) is 23.9 Å². The summed E-state index contributed by atoms with van der Waals surface area (Å²) in [6, 6.07) is 4.36. The number of benzene rings is 2. The molecule has 0 spiro atoms. The van der Waals surface area contributed by atoms with Crippen LogP contribution in [-0.2, 0) is 30.5 Å². The van der Waals surface area contributed by atoms with Crippen molar-refractivity contribution in [3.63, 3.8) is 0 Å². The molecule has 0 saturated carbocycles. The minimum Gasteiger partial charge on any atom is -0.548 e. The van der Waals surface area contributed by atoms with Gasteiger partial charge in [-0.3, -0.25) is 24.1 Å². The molecule has 2 aliphatic rings. The monoisotopic (exact) mass is 849 g/mol. The number of β-lactam (4-membered cyclic amide) rings is 1. The second kappa shape index (κ2) is 20.4. The number of rotatable bonds is 14. The Morgan fingerprint density at radius 2 is 1.72 bits per heavy atom. The third-order valence-corrected chi connectivity index (χ3v) is 10.3. The number of carbonyl (C=O) groups excluding carboxylic acids is 6. The van der Waals surface area contributed by atoms with E-state index in [4.69, 9.17) is 9.15 Å². The quantitative estimate of drug-likeness (QED) is 0.0396. The maximum absolute atomic E-state index is 13.8. The molecule has 4 heterocycles. The molecule has 4 aromatic rings. The average Bonchev–Trinajstić information content (AvgIpc) is 3.58. The number of ether oxygens (including phenoxy) is 1. The number of carboxylic acids is 3. The van der Waals surface area contributed by atoms with Crippen LogP contribution in [0.5, 0.6) is 17.2 Å². The van der Waals surface area contributed by atoms with Crippen molar-refractivity contribution >= 4 is 70.1 Å². The molecule has 1 saturated heterocycles. The van der Waals surface area contributed by atoms with Crippen LogP contribution in [0.4, 0.5) is 0 Å². The molecule has 4 N–H and O–H groups in total. The summed E-state index contributed by atoms with van der Waals surface area (Å²) in [5.74, 6) is -8.89. The summed E-state index contributed by atoms with van der Waals surface area (Å²) in [7, 11) is 0. The number of fused-ring (bicyclic) bond motifs is 2. The Labute approximate surface area is 393 Å². The van der Waals surface area contributed by atoms with Gasteiger partial charge in [0.1, 0.15) is 41.6 Å². The van der Waals surface area contributed by atoms with Gasteiger partial charge in [0.25, 0.3) is 11.8 Å². The molecule has 6 rings (SSSR count). The number of hydrogen-bond donors (Lipinski definition) is 4. The first-order valence-corrected chi connectivity index (χ1v) is 17.3. The number of phenols is 2. The molecule has 0 bridgehead atoms. The van der Waals surface area contributed by atoms with Gasteiger partial charge in [0.05, 0.1) is 35.5 Å². The molecule has 3 amide bonds. The molecular formula is C31H22N7Na3O14S2. The maximum atomic E-state index is 13.8. The van der Waals surface area contributed by atoms with E-state index in [0.29, 0.717) is 6.26 Å². The number of nitrogens with one attached hydrogen (secondary N) is 2. The van der Waals surface area contributed by atoms with E-state index in [1.54, 1.807) is 0 Å². The molecule has 3 atom stereocenters. The van der Waals surface area contributed by atoms with Crippen LogP contribution >= 0.6 is 23.5 Å². The molecule has 2 aromatic carbocycles. The van der Waals surface area contributed by atoms with Crippen LogP contribution in [0, 0.1) is 0 Å². The van der Waals surface area contributed by atoms with E-state index in [2.05, 4.69) is 26.2 Å². The van der Waals surface area contributed by atoms with Gasteiger partial charge >= 0.3 is 88.7 Å². The second-order valence-electron chi connectivity index (χ2n) is 11.3. The van der Waals surface area contributed by atoms with Crippen LogP contribution in [0.2, 0.25) is 0 Å². The SMILES string of the molecule is O=C([O-])COc1ccc(C(NC(=O)c2coc3c(O)c(O)ccc3c2=O)C(=O)N[C@@H]2C(=O)N3C(C(=O)[O-])=C(CSc4nnnn4CC(=O)[O-])CS[C@@H]23)cc1.[Na+].[Na+].[Na+]. The largest absolute Gasteiger partial charge is 1.00 e. The van der Waals surface area contributed by atoms with Gasteiger partial charge in [-0.15, -0.1) is 16.9 Å². The number of carboxylic acid groups (broad SMARTS) is 3. The van der Waals surface area contributed by atoms with Crippen molar-refractivity contribution in [2.75, 3.05) is 18.1 Å². The van der Waals surface area contributed by atoms with Gasteiger partial charge in [0, 0.05) is 11.5 Å². The minimum absolute atomic E-state index is 0. The van der Waals surface area contributed by atoms with Crippen LogP contribution in [-0.4, -0.2) is 100 Å².